The van der Waals surface area contributed by atoms with Crippen molar-refractivity contribution in [1.82, 2.24) is 4.90 Å². The number of likely N-dealkylation sites (tertiary alicyclic amines) is 1. The lowest BCUT2D eigenvalue weighted by Crippen LogP contribution is -2.27. The minimum atomic E-state index is 0.215. The molecular weight excluding hydrogens is 194 g/mol. The molecule has 1 aromatic rings. The van der Waals surface area contributed by atoms with E-state index in [1.807, 2.05) is 23.3 Å². The maximum atomic E-state index is 11.9. The summed E-state index contributed by atoms with van der Waals surface area (Å²) in [5.41, 5.74) is 1.19. The standard InChI is InChI=1S/C11H15NOS/c1-8-3-4-12(6-8)11(13)10-5-9(2)7-14-10/h5,7-8H,3-4,6H2,1-2H3. The maximum Gasteiger partial charge on any atom is 0.263 e. The smallest absolute Gasteiger partial charge is 0.263 e. The molecule has 1 aliphatic rings. The van der Waals surface area contributed by atoms with Crippen molar-refractivity contribution >= 4 is 17.2 Å². The summed E-state index contributed by atoms with van der Waals surface area (Å²) in [5, 5.41) is 2.03. The van der Waals surface area contributed by atoms with E-state index >= 15 is 0 Å². The van der Waals surface area contributed by atoms with E-state index in [0.29, 0.717) is 5.92 Å². The van der Waals surface area contributed by atoms with Gasteiger partial charge >= 0.3 is 0 Å². The summed E-state index contributed by atoms with van der Waals surface area (Å²) in [7, 11) is 0. The van der Waals surface area contributed by atoms with Crippen molar-refractivity contribution < 1.29 is 4.79 Å². The van der Waals surface area contributed by atoms with Gasteiger partial charge in [0.2, 0.25) is 0 Å². The van der Waals surface area contributed by atoms with Crippen molar-refractivity contribution in [3.05, 3.63) is 21.9 Å². The quantitative estimate of drug-likeness (QED) is 0.696. The summed E-state index contributed by atoms with van der Waals surface area (Å²) in [6.07, 6.45) is 1.15. The number of nitrogens with zero attached hydrogens (tertiary/aromatic N) is 1. The third-order valence-electron chi connectivity index (χ3n) is 2.65. The lowest BCUT2D eigenvalue weighted by molar-refractivity contribution is 0.0793. The lowest BCUT2D eigenvalue weighted by atomic mass is 10.2. The Labute approximate surface area is 88.5 Å². The molecule has 2 rings (SSSR count). The molecule has 0 radical (unpaired) electrons. The molecule has 3 heteroatoms. The van der Waals surface area contributed by atoms with Crippen LogP contribution in [0.5, 0.6) is 0 Å². The fraction of sp³-hybridized carbons (Fsp3) is 0.545. The van der Waals surface area contributed by atoms with E-state index < -0.39 is 0 Å². The van der Waals surface area contributed by atoms with Crippen LogP contribution in [0.25, 0.3) is 0 Å². The molecule has 2 heterocycles. The Hall–Kier alpha value is -0.830. The van der Waals surface area contributed by atoms with E-state index in [4.69, 9.17) is 0 Å². The molecule has 1 aliphatic heterocycles. The van der Waals surface area contributed by atoms with Crippen LogP contribution in [-0.2, 0) is 0 Å². The van der Waals surface area contributed by atoms with Crippen LogP contribution in [-0.4, -0.2) is 23.9 Å². The van der Waals surface area contributed by atoms with Crippen LogP contribution in [0.1, 0.15) is 28.6 Å². The van der Waals surface area contributed by atoms with Crippen molar-refractivity contribution in [2.24, 2.45) is 5.92 Å². The fourth-order valence-electron chi connectivity index (χ4n) is 1.82. The van der Waals surface area contributed by atoms with Gasteiger partial charge in [-0.3, -0.25) is 4.79 Å². The van der Waals surface area contributed by atoms with Crippen LogP contribution >= 0.6 is 11.3 Å². The highest BCUT2D eigenvalue weighted by atomic mass is 32.1. The van der Waals surface area contributed by atoms with Crippen molar-refractivity contribution in [3.63, 3.8) is 0 Å². The molecule has 0 aliphatic carbocycles. The van der Waals surface area contributed by atoms with Gasteiger partial charge < -0.3 is 4.90 Å². The van der Waals surface area contributed by atoms with Crippen LogP contribution in [0, 0.1) is 12.8 Å². The van der Waals surface area contributed by atoms with Crippen LogP contribution in [0.15, 0.2) is 11.4 Å². The molecule has 14 heavy (non-hydrogen) atoms. The average molecular weight is 209 g/mol. The predicted molar refractivity (Wildman–Crippen MR) is 58.7 cm³/mol. The van der Waals surface area contributed by atoms with Crippen LogP contribution in [0.2, 0.25) is 0 Å². The second-order valence-corrected chi connectivity index (χ2v) is 5.04. The Morgan fingerprint density at radius 3 is 2.93 bits per heavy atom. The molecule has 1 aromatic heterocycles. The molecule has 1 unspecified atom stereocenters. The Morgan fingerprint density at radius 1 is 1.64 bits per heavy atom. The molecule has 1 fully saturated rings. The first-order valence-corrected chi connectivity index (χ1v) is 5.89. The van der Waals surface area contributed by atoms with Gasteiger partial charge in [-0.1, -0.05) is 6.92 Å². The van der Waals surface area contributed by atoms with Gasteiger partial charge in [0.05, 0.1) is 4.88 Å². The van der Waals surface area contributed by atoms with Gasteiger partial charge in [0.15, 0.2) is 0 Å². The zero-order valence-corrected chi connectivity index (χ0v) is 9.43. The third-order valence-corrected chi connectivity index (χ3v) is 3.69. The molecule has 1 atom stereocenters. The van der Waals surface area contributed by atoms with Crippen LogP contribution in [0.4, 0.5) is 0 Å². The minimum absolute atomic E-state index is 0.215. The number of thiophene rings is 1. The van der Waals surface area contributed by atoms with Crippen LogP contribution in [0.3, 0.4) is 0 Å². The van der Waals surface area contributed by atoms with E-state index in [9.17, 15) is 4.79 Å². The number of hydrogen-bond acceptors (Lipinski definition) is 2. The summed E-state index contributed by atoms with van der Waals surface area (Å²) < 4.78 is 0. The normalized spacial score (nSPS) is 21.6. The monoisotopic (exact) mass is 209 g/mol. The molecule has 1 amide bonds. The van der Waals surface area contributed by atoms with Gasteiger partial charge in [-0.05, 0) is 36.3 Å². The van der Waals surface area contributed by atoms with E-state index in [0.717, 1.165) is 24.4 Å². The summed E-state index contributed by atoms with van der Waals surface area (Å²) >= 11 is 1.55. The van der Waals surface area contributed by atoms with Crippen molar-refractivity contribution in [1.29, 1.82) is 0 Å². The van der Waals surface area contributed by atoms with Crippen molar-refractivity contribution in [3.8, 4) is 0 Å². The highest BCUT2D eigenvalue weighted by molar-refractivity contribution is 7.12. The van der Waals surface area contributed by atoms with Gasteiger partial charge in [0, 0.05) is 13.1 Å². The number of rotatable bonds is 1. The molecule has 0 N–H and O–H groups in total. The first-order chi connectivity index (χ1) is 6.66. The van der Waals surface area contributed by atoms with Crippen LogP contribution < -0.4 is 0 Å². The first kappa shape index (κ1) is 9.71. The Kier molecular flexibility index (Phi) is 2.59. The Bertz CT molecular complexity index is 345. The number of aryl methyl sites for hydroxylation is 1. The predicted octanol–water partition coefficient (Wildman–Crippen LogP) is 2.54. The molecule has 76 valence electrons. The molecule has 1 saturated heterocycles. The summed E-state index contributed by atoms with van der Waals surface area (Å²) in [6, 6.07) is 1.98. The molecule has 0 bridgehead atoms. The number of carbonyl (C=O) groups is 1. The zero-order chi connectivity index (χ0) is 10.1. The summed E-state index contributed by atoms with van der Waals surface area (Å²) in [6.45, 7) is 6.08. The largest absolute Gasteiger partial charge is 0.338 e. The molecule has 0 aromatic carbocycles. The average Bonchev–Trinajstić information content (AvgIpc) is 2.73. The maximum absolute atomic E-state index is 11.9. The van der Waals surface area contributed by atoms with Gasteiger partial charge in [0.25, 0.3) is 5.91 Å². The van der Waals surface area contributed by atoms with Crippen molar-refractivity contribution in [2.75, 3.05) is 13.1 Å². The second kappa shape index (κ2) is 3.73. The van der Waals surface area contributed by atoms with E-state index in [1.54, 1.807) is 11.3 Å². The Morgan fingerprint density at radius 2 is 2.43 bits per heavy atom. The summed E-state index contributed by atoms with van der Waals surface area (Å²) in [5.74, 6) is 0.882. The zero-order valence-electron chi connectivity index (χ0n) is 8.62. The van der Waals surface area contributed by atoms with Gasteiger partial charge in [-0.2, -0.15) is 0 Å². The van der Waals surface area contributed by atoms with Gasteiger partial charge in [-0.15, -0.1) is 11.3 Å². The molecule has 0 saturated carbocycles. The minimum Gasteiger partial charge on any atom is -0.338 e. The molecule has 0 spiro atoms. The highest BCUT2D eigenvalue weighted by Gasteiger charge is 2.24. The summed E-state index contributed by atoms with van der Waals surface area (Å²) in [4.78, 5) is 14.8. The van der Waals surface area contributed by atoms with E-state index in [-0.39, 0.29) is 5.91 Å². The second-order valence-electron chi connectivity index (χ2n) is 4.13. The third kappa shape index (κ3) is 1.82. The topological polar surface area (TPSA) is 20.3 Å². The Balaban J connectivity index is 2.09. The molecule has 2 nitrogen and oxygen atoms in total. The van der Waals surface area contributed by atoms with Gasteiger partial charge in [0.1, 0.15) is 0 Å². The molecular formula is C11H15NOS. The first-order valence-electron chi connectivity index (χ1n) is 5.01. The number of carbonyl (C=O) groups excluding carboxylic acids is 1. The van der Waals surface area contributed by atoms with Crippen molar-refractivity contribution in [2.45, 2.75) is 20.3 Å². The number of hydrogen-bond donors (Lipinski definition) is 0. The highest BCUT2D eigenvalue weighted by Crippen LogP contribution is 2.21. The van der Waals surface area contributed by atoms with Gasteiger partial charge in [-0.25, -0.2) is 0 Å². The SMILES string of the molecule is Cc1csc(C(=O)N2CCC(C)C2)c1. The van der Waals surface area contributed by atoms with E-state index in [1.165, 1.54) is 5.56 Å². The number of amides is 1. The van der Waals surface area contributed by atoms with E-state index in [2.05, 4.69) is 6.92 Å². The fourth-order valence-corrected chi connectivity index (χ4v) is 2.68. The lowest BCUT2D eigenvalue weighted by Gasteiger charge is -2.14.